The molecule has 7 rings (SSSR count). The SMILES string of the molecule is O=P(c1ccccc1)(c1ccc2c(ccc3ccccc32)c1)c1ccc2c(ccc3ccccc32)c1. The number of rotatable bonds is 3. The normalized spacial score (nSPS) is 12.0. The van der Waals surface area contributed by atoms with Crippen molar-refractivity contribution in [1.82, 2.24) is 0 Å². The molecule has 0 saturated carbocycles. The Bertz CT molecular complexity index is 1850. The van der Waals surface area contributed by atoms with Crippen molar-refractivity contribution >= 4 is 66.1 Å². The quantitative estimate of drug-likeness (QED) is 0.186. The fraction of sp³-hybridized carbons (Fsp3) is 0. The molecule has 0 aromatic heterocycles. The molecule has 1 nitrogen and oxygen atoms in total. The first-order valence-corrected chi connectivity index (χ1v) is 13.9. The van der Waals surface area contributed by atoms with Crippen molar-refractivity contribution < 1.29 is 4.57 Å². The number of benzene rings is 7. The second-order valence-corrected chi connectivity index (χ2v) is 12.1. The van der Waals surface area contributed by atoms with Crippen LogP contribution >= 0.6 is 7.14 Å². The zero-order chi connectivity index (χ0) is 24.1. The molecule has 0 aliphatic rings. The Morgan fingerprint density at radius 3 is 1.28 bits per heavy atom. The van der Waals surface area contributed by atoms with E-state index in [1.807, 2.05) is 30.3 Å². The molecule has 0 heterocycles. The summed E-state index contributed by atoms with van der Waals surface area (Å²) < 4.78 is 15.2. The minimum atomic E-state index is -3.11. The third-order valence-corrected chi connectivity index (χ3v) is 10.3. The van der Waals surface area contributed by atoms with Gasteiger partial charge in [0.2, 0.25) is 0 Å². The van der Waals surface area contributed by atoms with Crippen molar-refractivity contribution in [2.75, 3.05) is 0 Å². The molecular weight excluding hydrogens is 455 g/mol. The van der Waals surface area contributed by atoms with E-state index < -0.39 is 7.14 Å². The molecule has 0 spiro atoms. The van der Waals surface area contributed by atoms with Gasteiger partial charge in [-0.15, -0.1) is 0 Å². The lowest BCUT2D eigenvalue weighted by Crippen LogP contribution is -2.25. The third kappa shape index (κ3) is 3.21. The topological polar surface area (TPSA) is 17.1 Å². The number of hydrogen-bond acceptors (Lipinski definition) is 1. The van der Waals surface area contributed by atoms with Crippen LogP contribution in [0.25, 0.3) is 43.1 Å². The van der Waals surface area contributed by atoms with E-state index in [9.17, 15) is 0 Å². The summed E-state index contributed by atoms with van der Waals surface area (Å²) in [5.41, 5.74) is 0. The molecule has 170 valence electrons. The van der Waals surface area contributed by atoms with Crippen molar-refractivity contribution in [2.24, 2.45) is 0 Å². The van der Waals surface area contributed by atoms with Gasteiger partial charge in [0.15, 0.2) is 7.14 Å². The Labute approximate surface area is 210 Å². The van der Waals surface area contributed by atoms with Crippen LogP contribution < -0.4 is 15.9 Å². The van der Waals surface area contributed by atoms with Gasteiger partial charge in [0.1, 0.15) is 0 Å². The summed E-state index contributed by atoms with van der Waals surface area (Å²) in [6.45, 7) is 0. The Morgan fingerprint density at radius 2 is 0.750 bits per heavy atom. The van der Waals surface area contributed by atoms with E-state index in [-0.39, 0.29) is 0 Å². The van der Waals surface area contributed by atoms with Crippen LogP contribution in [0.4, 0.5) is 0 Å². The van der Waals surface area contributed by atoms with Gasteiger partial charge in [-0.2, -0.15) is 0 Å². The van der Waals surface area contributed by atoms with E-state index in [0.29, 0.717) is 0 Å². The first kappa shape index (κ1) is 21.1. The molecule has 7 aromatic carbocycles. The van der Waals surface area contributed by atoms with Crippen LogP contribution in [0.5, 0.6) is 0 Å². The summed E-state index contributed by atoms with van der Waals surface area (Å²) in [6.07, 6.45) is 0. The molecule has 0 bridgehead atoms. The van der Waals surface area contributed by atoms with Crippen molar-refractivity contribution in [2.45, 2.75) is 0 Å². The molecule has 0 aliphatic heterocycles. The minimum Gasteiger partial charge on any atom is -0.309 e. The summed E-state index contributed by atoms with van der Waals surface area (Å²) in [7, 11) is -3.11. The standard InChI is InChI=1S/C34H23OP/c35-36(28-10-2-1-3-11-28,29-18-20-33-26(22-29)16-14-24-8-4-6-12-31(24)33)30-19-21-34-27(23-30)17-15-25-9-5-7-13-32(25)34/h1-23H. The van der Waals surface area contributed by atoms with E-state index in [2.05, 4.69) is 109 Å². The molecule has 0 fully saturated rings. The smallest absolute Gasteiger partial charge is 0.171 e. The van der Waals surface area contributed by atoms with Gasteiger partial charge in [-0.25, -0.2) is 0 Å². The molecule has 0 saturated heterocycles. The maximum Gasteiger partial charge on any atom is 0.171 e. The van der Waals surface area contributed by atoms with Gasteiger partial charge in [0, 0.05) is 15.9 Å². The summed E-state index contributed by atoms with van der Waals surface area (Å²) in [4.78, 5) is 0. The fourth-order valence-corrected chi connectivity index (χ4v) is 8.17. The van der Waals surface area contributed by atoms with E-state index in [1.165, 1.54) is 32.3 Å². The van der Waals surface area contributed by atoms with E-state index in [4.69, 9.17) is 0 Å². The van der Waals surface area contributed by atoms with Crippen LogP contribution in [0, 0.1) is 0 Å². The number of fused-ring (bicyclic) bond motifs is 6. The largest absolute Gasteiger partial charge is 0.309 e. The monoisotopic (exact) mass is 478 g/mol. The minimum absolute atomic E-state index is 0.852. The van der Waals surface area contributed by atoms with Gasteiger partial charge in [0.05, 0.1) is 0 Å². The van der Waals surface area contributed by atoms with Crippen LogP contribution in [0.3, 0.4) is 0 Å². The van der Waals surface area contributed by atoms with Gasteiger partial charge in [0.25, 0.3) is 0 Å². The molecule has 0 amide bonds. The molecule has 0 N–H and O–H groups in total. The van der Waals surface area contributed by atoms with Crippen LogP contribution in [-0.4, -0.2) is 0 Å². The van der Waals surface area contributed by atoms with E-state index >= 15 is 4.57 Å². The van der Waals surface area contributed by atoms with Gasteiger partial charge in [-0.1, -0.05) is 127 Å². The van der Waals surface area contributed by atoms with Crippen LogP contribution in [0.1, 0.15) is 0 Å². The fourth-order valence-electron chi connectivity index (χ4n) is 5.48. The predicted molar refractivity (Wildman–Crippen MR) is 156 cm³/mol. The second kappa shape index (κ2) is 8.19. The van der Waals surface area contributed by atoms with Crippen molar-refractivity contribution in [3.63, 3.8) is 0 Å². The lowest BCUT2D eigenvalue weighted by atomic mass is 10.0. The molecule has 0 unspecified atom stereocenters. The highest BCUT2D eigenvalue weighted by Crippen LogP contribution is 2.44. The van der Waals surface area contributed by atoms with Crippen LogP contribution in [0.2, 0.25) is 0 Å². The van der Waals surface area contributed by atoms with Gasteiger partial charge in [-0.05, 0) is 55.2 Å². The summed E-state index contributed by atoms with van der Waals surface area (Å²) in [5, 5.41) is 12.0. The molecule has 0 atom stereocenters. The van der Waals surface area contributed by atoms with E-state index in [1.54, 1.807) is 0 Å². The maximum absolute atomic E-state index is 15.2. The zero-order valence-corrected chi connectivity index (χ0v) is 20.5. The Hall–Kier alpha value is -4.19. The lowest BCUT2D eigenvalue weighted by Gasteiger charge is -2.21. The average molecular weight is 479 g/mol. The van der Waals surface area contributed by atoms with E-state index in [0.717, 1.165) is 26.7 Å². The van der Waals surface area contributed by atoms with Gasteiger partial charge in [-0.3, -0.25) is 0 Å². The van der Waals surface area contributed by atoms with Crippen molar-refractivity contribution in [3.05, 3.63) is 140 Å². The molecular formula is C34H23OP. The zero-order valence-electron chi connectivity index (χ0n) is 19.6. The molecule has 7 aromatic rings. The first-order valence-electron chi connectivity index (χ1n) is 12.2. The Balaban J connectivity index is 1.49. The third-order valence-electron chi connectivity index (χ3n) is 7.30. The van der Waals surface area contributed by atoms with Gasteiger partial charge >= 0.3 is 0 Å². The average Bonchev–Trinajstić information content (AvgIpc) is 2.96. The maximum atomic E-state index is 15.2. The molecule has 2 heteroatoms. The summed E-state index contributed by atoms with van der Waals surface area (Å²) in [6, 6.07) is 48.0. The Morgan fingerprint density at radius 1 is 0.333 bits per heavy atom. The Kier molecular flexibility index (Phi) is 4.81. The van der Waals surface area contributed by atoms with Crippen LogP contribution in [0.15, 0.2) is 140 Å². The molecule has 0 radical (unpaired) electrons. The van der Waals surface area contributed by atoms with Crippen LogP contribution in [-0.2, 0) is 4.57 Å². The highest BCUT2D eigenvalue weighted by atomic mass is 31.2. The molecule has 36 heavy (non-hydrogen) atoms. The summed E-state index contributed by atoms with van der Waals surface area (Å²) >= 11 is 0. The van der Waals surface area contributed by atoms with Gasteiger partial charge < -0.3 is 4.57 Å². The van der Waals surface area contributed by atoms with Crippen molar-refractivity contribution in [1.29, 1.82) is 0 Å². The summed E-state index contributed by atoms with van der Waals surface area (Å²) in [5.74, 6) is 0. The highest BCUT2D eigenvalue weighted by Gasteiger charge is 2.30. The highest BCUT2D eigenvalue weighted by molar-refractivity contribution is 7.85. The second-order valence-electron chi connectivity index (χ2n) is 9.33. The number of hydrogen-bond donors (Lipinski definition) is 0. The predicted octanol–water partition coefficient (Wildman–Crippen LogP) is 7.94. The lowest BCUT2D eigenvalue weighted by molar-refractivity contribution is 0.592. The molecule has 0 aliphatic carbocycles. The van der Waals surface area contributed by atoms with Crippen molar-refractivity contribution in [3.8, 4) is 0 Å². The first-order chi connectivity index (χ1) is 17.7.